The molecule has 0 unspecified atom stereocenters. The van der Waals surface area contributed by atoms with Crippen molar-refractivity contribution in [2.45, 2.75) is 0 Å². The van der Waals surface area contributed by atoms with Gasteiger partial charge in [-0.15, -0.1) is 0 Å². The van der Waals surface area contributed by atoms with Crippen molar-refractivity contribution in [3.05, 3.63) is 51.6 Å². The first-order chi connectivity index (χ1) is 12.9. The maximum absolute atomic E-state index is 12.5. The summed E-state index contributed by atoms with van der Waals surface area (Å²) in [6, 6.07) is 6.64. The van der Waals surface area contributed by atoms with Crippen LogP contribution in [0.5, 0.6) is 5.88 Å². The first-order valence-electron chi connectivity index (χ1n) is 7.42. The number of amides is 1. The Balaban J connectivity index is 1.92. The third-order valence-corrected chi connectivity index (χ3v) is 4.35. The fraction of sp³-hybridized carbons (Fsp3) is 0.125. The molecule has 138 valence electrons. The van der Waals surface area contributed by atoms with Gasteiger partial charge in [-0.05, 0) is 12.1 Å². The van der Waals surface area contributed by atoms with Gasteiger partial charge in [0.25, 0.3) is 11.6 Å². The van der Waals surface area contributed by atoms with E-state index in [2.05, 4.69) is 20.0 Å². The number of nitro benzene ring substituents is 1. The minimum absolute atomic E-state index is 0.0746. The highest BCUT2D eigenvalue weighted by molar-refractivity contribution is 7.22. The largest absolute Gasteiger partial charge is 0.481 e. The summed E-state index contributed by atoms with van der Waals surface area (Å²) in [4.78, 5) is 43.5. The van der Waals surface area contributed by atoms with Gasteiger partial charge in [0.1, 0.15) is 10.3 Å². The number of thiazole rings is 1. The number of anilines is 1. The number of hydrogen-bond donors (Lipinski definition) is 1. The highest BCUT2D eigenvalue weighted by Crippen LogP contribution is 2.27. The Morgan fingerprint density at radius 2 is 1.89 bits per heavy atom. The molecule has 11 heteroatoms. The maximum Gasteiger partial charge on any atom is 0.338 e. The summed E-state index contributed by atoms with van der Waals surface area (Å²) in [5.41, 5.74) is -0.0221. The molecule has 0 aliphatic rings. The second-order valence-corrected chi connectivity index (χ2v) is 6.15. The fourth-order valence-corrected chi connectivity index (χ4v) is 3.04. The smallest absolute Gasteiger partial charge is 0.338 e. The summed E-state index contributed by atoms with van der Waals surface area (Å²) in [6.45, 7) is 0. The molecule has 0 saturated carbocycles. The van der Waals surface area contributed by atoms with Gasteiger partial charge in [0.2, 0.25) is 5.88 Å². The normalized spacial score (nSPS) is 10.4. The molecule has 0 saturated heterocycles. The number of nitrogens with one attached hydrogen (secondary N) is 1. The predicted octanol–water partition coefficient (Wildman–Crippen LogP) is 2.65. The molecule has 0 bridgehead atoms. The molecule has 1 amide bonds. The van der Waals surface area contributed by atoms with Crippen molar-refractivity contribution in [1.82, 2.24) is 9.97 Å². The number of esters is 1. The highest BCUT2D eigenvalue weighted by atomic mass is 32.1. The molecule has 0 atom stereocenters. The van der Waals surface area contributed by atoms with Gasteiger partial charge in [0.15, 0.2) is 5.13 Å². The molecule has 10 nitrogen and oxygen atoms in total. The predicted molar refractivity (Wildman–Crippen MR) is 96.4 cm³/mol. The molecule has 0 radical (unpaired) electrons. The molecule has 0 spiro atoms. The highest BCUT2D eigenvalue weighted by Gasteiger charge is 2.19. The monoisotopic (exact) mass is 388 g/mol. The number of nitrogens with zero attached hydrogens (tertiary/aromatic N) is 3. The van der Waals surface area contributed by atoms with Crippen LogP contribution in [0.3, 0.4) is 0 Å². The van der Waals surface area contributed by atoms with Gasteiger partial charge in [-0.25, -0.2) is 14.8 Å². The number of ether oxygens (including phenoxy) is 2. The van der Waals surface area contributed by atoms with Crippen molar-refractivity contribution in [3.8, 4) is 5.88 Å². The van der Waals surface area contributed by atoms with Crippen LogP contribution < -0.4 is 10.1 Å². The van der Waals surface area contributed by atoms with Crippen LogP contribution in [-0.4, -0.2) is 41.0 Å². The van der Waals surface area contributed by atoms with E-state index in [1.807, 2.05) is 0 Å². The standard InChI is InChI=1S/C16H12N4O6S/c1-25-12-4-3-11-14(18-12)27-16(17-11)19-13(21)8-5-9(15(22)26-2)7-10(6-8)20(23)24/h3-7H,1-2H3,(H,17,19,21). The lowest BCUT2D eigenvalue weighted by Crippen LogP contribution is -2.13. The number of non-ortho nitro benzene ring substituents is 1. The van der Waals surface area contributed by atoms with Crippen molar-refractivity contribution in [1.29, 1.82) is 0 Å². The molecule has 2 heterocycles. The van der Waals surface area contributed by atoms with E-state index in [0.29, 0.717) is 16.2 Å². The Kier molecular flexibility index (Phi) is 4.94. The first kappa shape index (κ1) is 18.2. The van der Waals surface area contributed by atoms with Gasteiger partial charge in [0, 0.05) is 23.8 Å². The fourth-order valence-electron chi connectivity index (χ4n) is 2.22. The number of pyridine rings is 1. The van der Waals surface area contributed by atoms with E-state index in [1.54, 1.807) is 12.1 Å². The van der Waals surface area contributed by atoms with Crippen molar-refractivity contribution in [3.63, 3.8) is 0 Å². The molecule has 2 aromatic heterocycles. The Hall–Kier alpha value is -3.60. The quantitative estimate of drug-likeness (QED) is 0.400. The molecule has 1 N–H and O–H groups in total. The third-order valence-electron chi connectivity index (χ3n) is 3.47. The number of methoxy groups -OCH3 is 2. The lowest BCUT2D eigenvalue weighted by Gasteiger charge is -2.05. The molecule has 1 aromatic carbocycles. The van der Waals surface area contributed by atoms with E-state index in [0.717, 1.165) is 30.6 Å². The SMILES string of the molecule is COC(=O)c1cc(C(=O)Nc2nc3ccc(OC)nc3s2)cc([N+](=O)[O-])c1. The molecular formula is C16H12N4O6S. The zero-order valence-corrected chi connectivity index (χ0v) is 14.9. The Morgan fingerprint density at radius 1 is 1.15 bits per heavy atom. The van der Waals surface area contributed by atoms with E-state index in [1.165, 1.54) is 13.2 Å². The number of benzene rings is 1. The molecule has 0 fully saturated rings. The Labute approximate surface area is 155 Å². The number of carbonyl (C=O) groups is 2. The van der Waals surface area contributed by atoms with Gasteiger partial charge in [-0.2, -0.15) is 0 Å². The summed E-state index contributed by atoms with van der Waals surface area (Å²) in [6.07, 6.45) is 0. The number of fused-ring (bicyclic) bond motifs is 1. The van der Waals surface area contributed by atoms with Crippen LogP contribution in [0, 0.1) is 10.1 Å². The summed E-state index contributed by atoms with van der Waals surface area (Å²) < 4.78 is 9.60. The third kappa shape index (κ3) is 3.82. The van der Waals surface area contributed by atoms with E-state index in [4.69, 9.17) is 4.74 Å². The topological polar surface area (TPSA) is 134 Å². The van der Waals surface area contributed by atoms with Crippen LogP contribution in [0.2, 0.25) is 0 Å². The second-order valence-electron chi connectivity index (χ2n) is 5.17. The van der Waals surface area contributed by atoms with Crippen LogP contribution >= 0.6 is 11.3 Å². The minimum Gasteiger partial charge on any atom is -0.481 e. The number of rotatable bonds is 5. The summed E-state index contributed by atoms with van der Waals surface area (Å²) in [5, 5.41) is 13.9. The van der Waals surface area contributed by atoms with E-state index in [9.17, 15) is 19.7 Å². The van der Waals surface area contributed by atoms with Crippen LogP contribution in [-0.2, 0) is 4.74 Å². The van der Waals surface area contributed by atoms with Gasteiger partial charge in [-0.3, -0.25) is 20.2 Å². The Bertz CT molecular complexity index is 1060. The van der Waals surface area contributed by atoms with Gasteiger partial charge >= 0.3 is 5.97 Å². The maximum atomic E-state index is 12.5. The number of carbonyl (C=O) groups excluding carboxylic acids is 2. The van der Waals surface area contributed by atoms with Crippen LogP contribution in [0.15, 0.2) is 30.3 Å². The average Bonchev–Trinajstić information content (AvgIpc) is 3.07. The lowest BCUT2D eigenvalue weighted by molar-refractivity contribution is -0.384. The number of aromatic nitrogens is 2. The molecule has 3 rings (SSSR count). The van der Waals surface area contributed by atoms with Gasteiger partial charge in [-0.1, -0.05) is 11.3 Å². The zero-order chi connectivity index (χ0) is 19.6. The van der Waals surface area contributed by atoms with E-state index >= 15 is 0 Å². The molecule has 0 aliphatic heterocycles. The molecule has 27 heavy (non-hydrogen) atoms. The van der Waals surface area contributed by atoms with Crippen LogP contribution in [0.4, 0.5) is 10.8 Å². The second kappa shape index (κ2) is 7.33. The van der Waals surface area contributed by atoms with Crippen molar-refractivity contribution >= 4 is 44.4 Å². The lowest BCUT2D eigenvalue weighted by atomic mass is 10.1. The Morgan fingerprint density at radius 3 is 2.56 bits per heavy atom. The van der Waals surface area contributed by atoms with Crippen LogP contribution in [0.25, 0.3) is 10.3 Å². The first-order valence-corrected chi connectivity index (χ1v) is 8.23. The zero-order valence-electron chi connectivity index (χ0n) is 14.1. The van der Waals surface area contributed by atoms with Gasteiger partial charge in [0.05, 0.1) is 24.7 Å². The molecular weight excluding hydrogens is 376 g/mol. The van der Waals surface area contributed by atoms with Gasteiger partial charge < -0.3 is 9.47 Å². The molecule has 0 aliphatic carbocycles. The number of nitro groups is 1. The number of hydrogen-bond acceptors (Lipinski definition) is 9. The van der Waals surface area contributed by atoms with E-state index in [-0.39, 0.29) is 16.3 Å². The molecule has 3 aromatic rings. The van der Waals surface area contributed by atoms with Crippen molar-refractivity contribution in [2.75, 3.05) is 19.5 Å². The average molecular weight is 388 g/mol. The van der Waals surface area contributed by atoms with Crippen molar-refractivity contribution in [2.24, 2.45) is 0 Å². The van der Waals surface area contributed by atoms with Crippen molar-refractivity contribution < 1.29 is 24.0 Å². The summed E-state index contributed by atoms with van der Waals surface area (Å²) in [5.74, 6) is -1.04. The van der Waals surface area contributed by atoms with Crippen LogP contribution in [0.1, 0.15) is 20.7 Å². The summed E-state index contributed by atoms with van der Waals surface area (Å²) in [7, 11) is 2.63. The van der Waals surface area contributed by atoms with E-state index < -0.39 is 22.5 Å². The minimum atomic E-state index is -0.788. The summed E-state index contributed by atoms with van der Waals surface area (Å²) >= 11 is 1.12.